The Labute approximate surface area is 164 Å². The van der Waals surface area contributed by atoms with E-state index in [1.54, 1.807) is 13.4 Å². The Balaban J connectivity index is 1.52. The summed E-state index contributed by atoms with van der Waals surface area (Å²) in [6.07, 6.45) is 1.65. The zero-order chi connectivity index (χ0) is 19.7. The third-order valence-corrected chi connectivity index (χ3v) is 5.16. The monoisotopic (exact) mass is 379 g/mol. The summed E-state index contributed by atoms with van der Waals surface area (Å²) in [5, 5.41) is 0. The fourth-order valence-electron chi connectivity index (χ4n) is 3.80. The number of hydrogen-bond donors (Lipinski definition) is 0. The lowest BCUT2D eigenvalue weighted by atomic mass is 10.2. The average Bonchev–Trinajstić information content (AvgIpc) is 3.30. The van der Waals surface area contributed by atoms with Crippen molar-refractivity contribution < 1.29 is 13.9 Å². The van der Waals surface area contributed by atoms with Gasteiger partial charge in [-0.05, 0) is 19.1 Å². The molecule has 0 atom stereocenters. The minimum absolute atomic E-state index is 0.0346. The molecule has 1 aromatic carbocycles. The molecule has 0 bridgehead atoms. The van der Waals surface area contributed by atoms with Crippen LogP contribution in [0.3, 0.4) is 0 Å². The van der Waals surface area contributed by atoms with Crippen LogP contribution in [0.15, 0.2) is 59.2 Å². The van der Waals surface area contributed by atoms with Crippen molar-refractivity contribution in [3.8, 4) is 5.75 Å². The number of benzene rings is 1. The first kappa shape index (κ1) is 18.2. The first-order valence-corrected chi connectivity index (χ1v) is 9.47. The number of fused-ring (bicyclic) bond motifs is 1. The van der Waals surface area contributed by atoms with Crippen molar-refractivity contribution in [3.05, 3.63) is 60.5 Å². The van der Waals surface area contributed by atoms with Gasteiger partial charge in [-0.15, -0.1) is 0 Å². The highest BCUT2D eigenvalue weighted by molar-refractivity contribution is 5.97. The summed E-state index contributed by atoms with van der Waals surface area (Å²) in [4.78, 5) is 17.4. The third-order valence-electron chi connectivity index (χ3n) is 5.16. The van der Waals surface area contributed by atoms with Crippen LogP contribution in [-0.4, -0.2) is 48.7 Å². The lowest BCUT2D eigenvalue weighted by Gasteiger charge is -2.36. The summed E-state index contributed by atoms with van der Waals surface area (Å²) in [5.41, 5.74) is 4.38. The van der Waals surface area contributed by atoms with Gasteiger partial charge in [0.15, 0.2) is 5.58 Å². The average molecular weight is 379 g/mol. The largest absolute Gasteiger partial charge is 0.495 e. The maximum absolute atomic E-state index is 13.2. The van der Waals surface area contributed by atoms with E-state index in [-0.39, 0.29) is 5.91 Å². The Kier molecular flexibility index (Phi) is 4.86. The van der Waals surface area contributed by atoms with Crippen molar-refractivity contribution in [1.29, 1.82) is 0 Å². The van der Waals surface area contributed by atoms with Crippen LogP contribution in [0.25, 0.3) is 11.1 Å². The van der Waals surface area contributed by atoms with Crippen LogP contribution in [-0.2, 0) is 6.54 Å². The molecule has 0 aliphatic carbocycles. The number of nitrogens with zero attached hydrogens (tertiary/aromatic N) is 3. The number of carbonyl (C=O) groups excluding carboxylic acids is 1. The Morgan fingerprint density at radius 3 is 2.64 bits per heavy atom. The molecule has 0 spiro atoms. The van der Waals surface area contributed by atoms with Crippen LogP contribution in [0.1, 0.15) is 17.4 Å². The minimum atomic E-state index is 0.0346. The first-order chi connectivity index (χ1) is 13.6. The first-order valence-electron chi connectivity index (χ1n) is 9.47. The second-order valence-electron chi connectivity index (χ2n) is 7.19. The van der Waals surface area contributed by atoms with Crippen LogP contribution in [0.4, 0.5) is 5.69 Å². The fraction of sp³-hybridized carbons (Fsp3) is 0.318. The number of aromatic nitrogens is 1. The second kappa shape index (κ2) is 7.46. The second-order valence-corrected chi connectivity index (χ2v) is 7.19. The topological polar surface area (TPSA) is 50.9 Å². The van der Waals surface area contributed by atoms with Crippen molar-refractivity contribution in [2.75, 3.05) is 38.2 Å². The Morgan fingerprint density at radius 1 is 1.18 bits per heavy atom. The molecule has 4 rings (SSSR count). The summed E-state index contributed by atoms with van der Waals surface area (Å²) in [6, 6.07) is 11.7. The molecule has 146 valence electrons. The highest BCUT2D eigenvalue weighted by Crippen LogP contribution is 2.29. The Hall–Kier alpha value is -3.15. The Bertz CT molecular complexity index is 1010. The van der Waals surface area contributed by atoms with Crippen LogP contribution in [0.2, 0.25) is 0 Å². The molecule has 0 N–H and O–H groups in total. The van der Waals surface area contributed by atoms with Crippen LogP contribution >= 0.6 is 0 Å². The molecule has 6 nitrogen and oxygen atoms in total. The number of rotatable bonds is 5. The number of furan rings is 1. The van der Waals surface area contributed by atoms with Crippen LogP contribution < -0.4 is 9.64 Å². The molecule has 0 radical (unpaired) electrons. The number of amides is 1. The quantitative estimate of drug-likeness (QED) is 0.633. The van der Waals surface area contributed by atoms with E-state index in [0.717, 1.165) is 41.2 Å². The van der Waals surface area contributed by atoms with Crippen molar-refractivity contribution in [3.63, 3.8) is 0 Å². The Morgan fingerprint density at radius 2 is 1.93 bits per heavy atom. The number of allylic oxidation sites excluding steroid dienone is 1. The third kappa shape index (κ3) is 3.26. The molecule has 1 amide bonds. The van der Waals surface area contributed by atoms with Crippen molar-refractivity contribution in [2.45, 2.75) is 13.5 Å². The number of para-hydroxylation sites is 2. The van der Waals surface area contributed by atoms with Crippen molar-refractivity contribution in [1.82, 2.24) is 9.47 Å². The fourth-order valence-corrected chi connectivity index (χ4v) is 3.80. The van der Waals surface area contributed by atoms with Gasteiger partial charge in [-0.1, -0.05) is 24.3 Å². The van der Waals surface area contributed by atoms with Gasteiger partial charge in [0.25, 0.3) is 5.91 Å². The molecule has 1 aliphatic rings. The van der Waals surface area contributed by atoms with Crippen molar-refractivity contribution in [2.24, 2.45) is 0 Å². The summed E-state index contributed by atoms with van der Waals surface area (Å²) >= 11 is 0. The molecule has 1 saturated heterocycles. The lowest BCUT2D eigenvalue weighted by Crippen LogP contribution is -2.49. The standard InChI is InChI=1S/C22H25N3O3/c1-16(2)15-25-18-8-13-28-21(18)14-19(25)22(26)24-11-9-23(10-12-24)17-6-4-5-7-20(17)27-3/h4-8,13-14H,1,9-12,15H2,2-3H3. The number of carbonyl (C=O) groups is 1. The SMILES string of the molecule is C=C(C)Cn1c(C(=O)N2CCN(c3ccccc3OC)CC2)cc2occc21. The highest BCUT2D eigenvalue weighted by Gasteiger charge is 2.27. The smallest absolute Gasteiger partial charge is 0.270 e. The molecule has 1 aliphatic heterocycles. The normalized spacial score (nSPS) is 14.5. The number of methoxy groups -OCH3 is 1. The van der Waals surface area contributed by atoms with E-state index < -0.39 is 0 Å². The summed E-state index contributed by atoms with van der Waals surface area (Å²) in [6.45, 7) is 9.43. The molecule has 2 aromatic heterocycles. The summed E-state index contributed by atoms with van der Waals surface area (Å²) in [5.74, 6) is 0.894. The molecule has 3 heterocycles. The molecule has 6 heteroatoms. The molecule has 28 heavy (non-hydrogen) atoms. The molecule has 0 unspecified atom stereocenters. The van der Waals surface area contributed by atoms with Gasteiger partial charge >= 0.3 is 0 Å². The van der Waals surface area contributed by atoms with E-state index >= 15 is 0 Å². The minimum Gasteiger partial charge on any atom is -0.495 e. The van der Waals surface area contributed by atoms with Gasteiger partial charge in [-0.2, -0.15) is 0 Å². The maximum Gasteiger partial charge on any atom is 0.270 e. The molecule has 1 fully saturated rings. The van der Waals surface area contributed by atoms with E-state index in [9.17, 15) is 4.79 Å². The molecule has 3 aromatic rings. The predicted molar refractivity (Wildman–Crippen MR) is 110 cm³/mol. The molecule has 0 saturated carbocycles. The van der Waals surface area contributed by atoms with Gasteiger partial charge < -0.3 is 23.5 Å². The van der Waals surface area contributed by atoms with E-state index in [0.29, 0.717) is 25.3 Å². The maximum atomic E-state index is 13.2. The zero-order valence-electron chi connectivity index (χ0n) is 16.4. The van der Waals surface area contributed by atoms with E-state index in [4.69, 9.17) is 9.15 Å². The zero-order valence-corrected chi connectivity index (χ0v) is 16.4. The lowest BCUT2D eigenvalue weighted by molar-refractivity contribution is 0.0736. The number of anilines is 1. The number of hydrogen-bond acceptors (Lipinski definition) is 4. The van der Waals surface area contributed by atoms with Gasteiger partial charge in [0.2, 0.25) is 0 Å². The summed E-state index contributed by atoms with van der Waals surface area (Å²) in [7, 11) is 1.68. The molecular formula is C22H25N3O3. The summed E-state index contributed by atoms with van der Waals surface area (Å²) < 4.78 is 13.0. The van der Waals surface area contributed by atoms with Gasteiger partial charge in [-0.3, -0.25) is 4.79 Å². The van der Waals surface area contributed by atoms with Gasteiger partial charge in [0, 0.05) is 44.9 Å². The van der Waals surface area contributed by atoms with E-state index in [2.05, 4.69) is 17.5 Å². The van der Waals surface area contributed by atoms with Crippen molar-refractivity contribution >= 4 is 22.7 Å². The van der Waals surface area contributed by atoms with Crippen LogP contribution in [0, 0.1) is 0 Å². The number of piperazine rings is 1. The predicted octanol–water partition coefficient (Wildman–Crippen LogP) is 3.78. The van der Waals surface area contributed by atoms with Gasteiger partial charge in [0.1, 0.15) is 11.4 Å². The molecular weight excluding hydrogens is 354 g/mol. The number of ether oxygens (including phenoxy) is 1. The van der Waals surface area contributed by atoms with E-state index in [1.165, 1.54) is 0 Å². The van der Waals surface area contributed by atoms with E-state index in [1.807, 2.05) is 46.7 Å². The van der Waals surface area contributed by atoms with Gasteiger partial charge in [-0.25, -0.2) is 0 Å². The van der Waals surface area contributed by atoms with Crippen LogP contribution in [0.5, 0.6) is 5.75 Å². The highest BCUT2D eigenvalue weighted by atomic mass is 16.5. The van der Waals surface area contributed by atoms with Gasteiger partial charge in [0.05, 0.1) is 24.6 Å².